The average molecular weight is 550 g/mol. The van der Waals surface area contributed by atoms with E-state index in [2.05, 4.69) is 5.32 Å². The van der Waals surface area contributed by atoms with E-state index in [9.17, 15) is 40.0 Å². The van der Waals surface area contributed by atoms with Gasteiger partial charge in [-0.1, -0.05) is 0 Å². The number of piperidine rings is 1. The molecule has 9 nitrogen and oxygen atoms in total. The first-order chi connectivity index (χ1) is 17.5. The zero-order valence-corrected chi connectivity index (χ0v) is 20.3. The minimum atomic E-state index is -3.84. The lowest BCUT2D eigenvalue weighted by molar-refractivity contribution is -0.142. The Kier molecular flexibility index (Phi) is 7.72. The number of benzene rings is 1. The van der Waals surface area contributed by atoms with E-state index in [0.29, 0.717) is 19.3 Å². The highest BCUT2D eigenvalue weighted by Gasteiger charge is 2.44. The molecule has 2 amide bonds. The number of halogens is 5. The first-order valence-corrected chi connectivity index (χ1v) is 13.1. The van der Waals surface area contributed by atoms with Gasteiger partial charge >= 0.3 is 0 Å². The summed E-state index contributed by atoms with van der Waals surface area (Å²) < 4.78 is 96.1. The van der Waals surface area contributed by atoms with E-state index < -0.39 is 75.2 Å². The molecule has 1 N–H and O–H groups in total. The van der Waals surface area contributed by atoms with Gasteiger partial charge in [0.2, 0.25) is 17.6 Å². The SMILES string of the molecule is N#CC1CN(S(=O)(=O)N2CCC[C@H](C(=O)N3CCC[C@@H]3C(=O)NCc3c(F)c(F)c(F)c(F)c3F)C2)C1. The predicted molar refractivity (Wildman–Crippen MR) is 117 cm³/mol. The Bertz CT molecular complexity index is 1220. The molecule has 3 saturated heterocycles. The highest BCUT2D eigenvalue weighted by molar-refractivity contribution is 7.86. The fourth-order valence-electron chi connectivity index (χ4n) is 4.86. The number of nitriles is 1. The summed E-state index contributed by atoms with van der Waals surface area (Å²) in [5.74, 6) is -13.0. The quantitative estimate of drug-likeness (QED) is 0.328. The molecule has 2 atom stereocenters. The molecule has 3 fully saturated rings. The number of nitrogens with zero attached hydrogens (tertiary/aromatic N) is 4. The van der Waals surface area contributed by atoms with E-state index in [1.165, 1.54) is 13.5 Å². The Labute approximate surface area is 210 Å². The monoisotopic (exact) mass is 549 g/mol. The summed E-state index contributed by atoms with van der Waals surface area (Å²) in [5.41, 5.74) is -1.20. The van der Waals surface area contributed by atoms with Crippen LogP contribution in [-0.2, 0) is 26.3 Å². The Morgan fingerprint density at radius 3 is 2.11 bits per heavy atom. The molecule has 15 heteroatoms. The Morgan fingerprint density at radius 2 is 1.49 bits per heavy atom. The van der Waals surface area contributed by atoms with E-state index in [-0.39, 0.29) is 45.1 Å². The molecule has 1 aromatic rings. The van der Waals surface area contributed by atoms with Gasteiger partial charge in [0, 0.05) is 44.8 Å². The summed E-state index contributed by atoms with van der Waals surface area (Å²) in [6.07, 6.45) is 1.45. The first-order valence-electron chi connectivity index (χ1n) is 11.7. The van der Waals surface area contributed by atoms with Gasteiger partial charge in [-0.05, 0) is 25.7 Å². The normalized spacial score (nSPS) is 23.5. The van der Waals surface area contributed by atoms with Crippen LogP contribution >= 0.6 is 0 Å². The smallest absolute Gasteiger partial charge is 0.282 e. The van der Waals surface area contributed by atoms with Crippen LogP contribution in [0.1, 0.15) is 31.2 Å². The first kappa shape index (κ1) is 27.2. The molecular formula is C22H24F5N5O4S. The molecule has 0 bridgehead atoms. The summed E-state index contributed by atoms with van der Waals surface area (Å²) in [7, 11) is -3.84. The molecule has 3 heterocycles. The third-order valence-electron chi connectivity index (χ3n) is 7.00. The summed E-state index contributed by atoms with van der Waals surface area (Å²) in [6, 6.07) is 0.967. The third kappa shape index (κ3) is 5.01. The number of nitrogens with one attached hydrogen (secondary N) is 1. The number of amides is 2. The fourth-order valence-corrected chi connectivity index (χ4v) is 6.65. The topological polar surface area (TPSA) is 114 Å². The van der Waals surface area contributed by atoms with Crippen molar-refractivity contribution in [2.24, 2.45) is 11.8 Å². The van der Waals surface area contributed by atoms with Gasteiger partial charge in [-0.3, -0.25) is 9.59 Å². The molecule has 3 aliphatic heterocycles. The van der Waals surface area contributed by atoms with Crippen molar-refractivity contribution in [2.75, 3.05) is 32.7 Å². The van der Waals surface area contributed by atoms with Crippen LogP contribution in [0.3, 0.4) is 0 Å². The van der Waals surface area contributed by atoms with E-state index >= 15 is 0 Å². The van der Waals surface area contributed by atoms with Crippen molar-refractivity contribution in [2.45, 2.75) is 38.3 Å². The Balaban J connectivity index is 1.40. The number of carbonyl (C=O) groups is 2. The second-order valence-corrected chi connectivity index (χ2v) is 11.2. The maximum atomic E-state index is 13.9. The van der Waals surface area contributed by atoms with E-state index in [4.69, 9.17) is 5.26 Å². The van der Waals surface area contributed by atoms with Gasteiger partial charge in [0.25, 0.3) is 10.2 Å². The lowest BCUT2D eigenvalue weighted by atomic mass is 9.97. The van der Waals surface area contributed by atoms with Crippen molar-refractivity contribution in [1.82, 2.24) is 18.8 Å². The minimum absolute atomic E-state index is 0.0887. The van der Waals surface area contributed by atoms with Crippen molar-refractivity contribution in [3.63, 3.8) is 0 Å². The zero-order chi connectivity index (χ0) is 27.1. The fraction of sp³-hybridized carbons (Fsp3) is 0.591. The van der Waals surface area contributed by atoms with Crippen molar-refractivity contribution in [1.29, 1.82) is 5.26 Å². The number of carbonyl (C=O) groups excluding carboxylic acids is 2. The molecule has 0 spiro atoms. The third-order valence-corrected chi connectivity index (χ3v) is 8.93. The number of hydrogen-bond donors (Lipinski definition) is 1. The summed E-state index contributed by atoms with van der Waals surface area (Å²) in [4.78, 5) is 27.3. The predicted octanol–water partition coefficient (Wildman–Crippen LogP) is 1.40. The van der Waals surface area contributed by atoms with Crippen LogP contribution in [0, 0.1) is 52.3 Å². The van der Waals surface area contributed by atoms with Crippen molar-refractivity contribution < 1.29 is 40.0 Å². The van der Waals surface area contributed by atoms with Gasteiger partial charge in [-0.2, -0.15) is 22.3 Å². The van der Waals surface area contributed by atoms with Crippen LogP contribution in [0.2, 0.25) is 0 Å². The molecule has 1 aromatic carbocycles. The standard InChI is InChI=1S/C22H24F5N5O4S/c23-16-14(17(24)19(26)20(27)18(16)25)8-29-21(33)15-4-2-6-32(15)22(34)13-3-1-5-30(11-13)37(35,36)31-9-12(7-28)10-31/h12-13,15H,1-6,8-11H2,(H,29,33)/t13-,15+/m0/s1. The van der Waals surface area contributed by atoms with E-state index in [0.717, 1.165) is 0 Å². The number of likely N-dealkylation sites (tertiary alicyclic amines) is 1. The Hall–Kier alpha value is -2.83. The van der Waals surface area contributed by atoms with Crippen LogP contribution < -0.4 is 5.32 Å². The highest BCUT2D eigenvalue weighted by atomic mass is 32.2. The Morgan fingerprint density at radius 1 is 0.892 bits per heavy atom. The molecule has 0 radical (unpaired) electrons. The molecule has 3 aliphatic rings. The largest absolute Gasteiger partial charge is 0.350 e. The highest BCUT2D eigenvalue weighted by Crippen LogP contribution is 2.29. The lowest BCUT2D eigenvalue weighted by Crippen LogP contribution is -2.57. The van der Waals surface area contributed by atoms with Crippen LogP contribution in [0.15, 0.2) is 0 Å². The van der Waals surface area contributed by atoms with Crippen LogP contribution in [0.4, 0.5) is 22.0 Å². The second kappa shape index (κ2) is 10.5. The number of rotatable bonds is 6. The molecule has 202 valence electrons. The number of hydrogen-bond acceptors (Lipinski definition) is 5. The van der Waals surface area contributed by atoms with Crippen molar-refractivity contribution >= 4 is 22.0 Å². The zero-order valence-electron chi connectivity index (χ0n) is 19.5. The average Bonchev–Trinajstić information content (AvgIpc) is 3.35. The van der Waals surface area contributed by atoms with Crippen LogP contribution in [0.25, 0.3) is 0 Å². The summed E-state index contributed by atoms with van der Waals surface area (Å²) in [5, 5.41) is 11.0. The molecule has 0 saturated carbocycles. The van der Waals surface area contributed by atoms with Crippen LogP contribution in [-0.4, -0.2) is 72.5 Å². The van der Waals surface area contributed by atoms with Crippen molar-refractivity contribution in [3.05, 3.63) is 34.6 Å². The molecule has 4 rings (SSSR count). The minimum Gasteiger partial charge on any atom is -0.350 e. The van der Waals surface area contributed by atoms with Gasteiger partial charge in [-0.15, -0.1) is 0 Å². The molecule has 37 heavy (non-hydrogen) atoms. The van der Waals surface area contributed by atoms with Gasteiger partial charge in [-0.25, -0.2) is 22.0 Å². The van der Waals surface area contributed by atoms with Crippen molar-refractivity contribution in [3.8, 4) is 6.07 Å². The maximum Gasteiger partial charge on any atom is 0.282 e. The maximum absolute atomic E-state index is 13.9. The lowest BCUT2D eigenvalue weighted by Gasteiger charge is -2.41. The van der Waals surface area contributed by atoms with Gasteiger partial charge < -0.3 is 10.2 Å². The molecular weight excluding hydrogens is 525 g/mol. The van der Waals surface area contributed by atoms with Gasteiger partial charge in [0.15, 0.2) is 23.3 Å². The molecule has 0 aromatic heterocycles. The van der Waals surface area contributed by atoms with Gasteiger partial charge in [0.05, 0.1) is 17.9 Å². The molecule has 0 unspecified atom stereocenters. The summed E-state index contributed by atoms with van der Waals surface area (Å²) in [6.45, 7) is -0.483. The second-order valence-electron chi connectivity index (χ2n) is 9.30. The van der Waals surface area contributed by atoms with E-state index in [1.807, 2.05) is 6.07 Å². The summed E-state index contributed by atoms with van der Waals surface area (Å²) >= 11 is 0. The van der Waals surface area contributed by atoms with Gasteiger partial charge in [0.1, 0.15) is 6.04 Å². The van der Waals surface area contributed by atoms with E-state index in [1.54, 1.807) is 0 Å². The molecule has 0 aliphatic carbocycles. The van der Waals surface area contributed by atoms with Crippen LogP contribution in [0.5, 0.6) is 0 Å².